The van der Waals surface area contributed by atoms with Crippen molar-refractivity contribution in [3.8, 4) is 0 Å². The van der Waals surface area contributed by atoms with Gasteiger partial charge in [0.25, 0.3) is 0 Å². The van der Waals surface area contributed by atoms with E-state index in [1.807, 2.05) is 0 Å². The second-order valence-electron chi connectivity index (χ2n) is 9.37. The molecule has 4 heteroatoms. The number of Topliss-reactive ketones (excluding diaryl/α,β-unsaturated/α-hetero) is 1. The number of esters is 1. The Labute approximate surface area is 170 Å². The molecule has 0 aromatic carbocycles. The molecule has 1 saturated heterocycles. The summed E-state index contributed by atoms with van der Waals surface area (Å²) in [6.07, 6.45) is 17.6. The minimum Gasteiger partial charge on any atom is -0.511 e. The summed E-state index contributed by atoms with van der Waals surface area (Å²) in [7, 11) is 0. The van der Waals surface area contributed by atoms with E-state index in [0.29, 0.717) is 6.42 Å². The maximum absolute atomic E-state index is 11.5. The topological polar surface area (TPSA) is 63.6 Å². The van der Waals surface area contributed by atoms with Crippen LogP contribution in [-0.4, -0.2) is 23.5 Å². The summed E-state index contributed by atoms with van der Waals surface area (Å²) in [6.45, 7) is 2.07. The molecule has 2 aliphatic carbocycles. The van der Waals surface area contributed by atoms with Crippen molar-refractivity contribution in [1.29, 1.82) is 0 Å². The van der Waals surface area contributed by atoms with Crippen molar-refractivity contribution < 1.29 is 19.4 Å². The SMILES string of the molecule is CCCCCC1CC1CC1CC1CCCCCCC/C(O)=C1/C(=O)COC1=O. The van der Waals surface area contributed by atoms with Crippen LogP contribution in [0, 0.1) is 23.7 Å². The molecule has 3 fully saturated rings. The Bertz CT molecular complexity index is 561. The number of aliphatic hydroxyl groups excluding tert-OH is 1. The van der Waals surface area contributed by atoms with Crippen LogP contribution in [0.5, 0.6) is 0 Å². The van der Waals surface area contributed by atoms with E-state index in [4.69, 9.17) is 0 Å². The molecule has 0 spiro atoms. The second kappa shape index (κ2) is 10.5. The van der Waals surface area contributed by atoms with Crippen LogP contribution >= 0.6 is 0 Å². The first-order valence-corrected chi connectivity index (χ1v) is 11.7. The smallest absolute Gasteiger partial charge is 0.345 e. The Kier molecular flexibility index (Phi) is 7.99. The fourth-order valence-electron chi connectivity index (χ4n) is 4.97. The highest BCUT2D eigenvalue weighted by molar-refractivity contribution is 6.22. The lowest BCUT2D eigenvalue weighted by Crippen LogP contribution is -2.05. The molecule has 158 valence electrons. The molecule has 2 saturated carbocycles. The molecule has 3 aliphatic rings. The average Bonchev–Trinajstić information content (AvgIpc) is 3.56. The van der Waals surface area contributed by atoms with E-state index in [1.165, 1.54) is 70.6 Å². The van der Waals surface area contributed by atoms with E-state index in [1.54, 1.807) is 0 Å². The molecule has 1 N–H and O–H groups in total. The first-order valence-electron chi connectivity index (χ1n) is 11.7. The molecule has 0 amide bonds. The van der Waals surface area contributed by atoms with E-state index in [-0.39, 0.29) is 23.7 Å². The van der Waals surface area contributed by atoms with Crippen molar-refractivity contribution in [3.05, 3.63) is 11.3 Å². The van der Waals surface area contributed by atoms with Crippen LogP contribution in [0.15, 0.2) is 11.3 Å². The summed E-state index contributed by atoms with van der Waals surface area (Å²) in [5.74, 6) is 3.04. The van der Waals surface area contributed by atoms with E-state index in [9.17, 15) is 14.7 Å². The van der Waals surface area contributed by atoms with Gasteiger partial charge in [0.05, 0.1) is 0 Å². The fraction of sp³-hybridized carbons (Fsp3) is 0.833. The Morgan fingerprint density at radius 3 is 2.11 bits per heavy atom. The highest BCUT2D eigenvalue weighted by atomic mass is 16.5. The number of carbonyl (C=O) groups is 2. The quantitative estimate of drug-likeness (QED) is 0.132. The van der Waals surface area contributed by atoms with Crippen LogP contribution in [-0.2, 0) is 14.3 Å². The Balaban J connectivity index is 1.15. The monoisotopic (exact) mass is 390 g/mol. The zero-order chi connectivity index (χ0) is 19.9. The normalized spacial score (nSPS) is 30.5. The minimum atomic E-state index is -0.667. The third-order valence-electron chi connectivity index (χ3n) is 7.02. The molecule has 0 bridgehead atoms. The summed E-state index contributed by atoms with van der Waals surface area (Å²) < 4.78 is 4.64. The third kappa shape index (κ3) is 6.35. The molecule has 4 nitrogen and oxygen atoms in total. The van der Waals surface area contributed by atoms with Gasteiger partial charge in [-0.05, 0) is 49.4 Å². The Morgan fingerprint density at radius 2 is 1.50 bits per heavy atom. The molecule has 3 rings (SSSR count). The van der Waals surface area contributed by atoms with Gasteiger partial charge in [0.15, 0.2) is 6.61 Å². The average molecular weight is 391 g/mol. The van der Waals surface area contributed by atoms with Crippen LogP contribution in [0.2, 0.25) is 0 Å². The molecule has 0 aromatic rings. The van der Waals surface area contributed by atoms with Crippen LogP contribution in [0.1, 0.15) is 96.8 Å². The van der Waals surface area contributed by atoms with E-state index >= 15 is 0 Å². The highest BCUT2D eigenvalue weighted by Crippen LogP contribution is 2.54. The fourth-order valence-corrected chi connectivity index (χ4v) is 4.97. The van der Waals surface area contributed by atoms with Crippen LogP contribution in [0.3, 0.4) is 0 Å². The number of aliphatic hydroxyl groups is 1. The van der Waals surface area contributed by atoms with Gasteiger partial charge in [-0.2, -0.15) is 0 Å². The zero-order valence-electron chi connectivity index (χ0n) is 17.6. The molecule has 0 aromatic heterocycles. The standard InChI is InChI=1S/C24H38O4/c1-2-3-7-10-17-13-19(17)15-20-14-18(20)11-8-5-4-6-9-12-21(25)23-22(26)16-28-24(23)27/h17-20,25H,2-16H2,1H3/b23-21+. The Hall–Kier alpha value is -1.32. The van der Waals surface area contributed by atoms with Crippen molar-refractivity contribution in [2.45, 2.75) is 96.8 Å². The predicted octanol–water partition coefficient (Wildman–Crippen LogP) is 5.90. The number of unbranched alkanes of at least 4 members (excludes halogenated alkanes) is 6. The molecule has 1 heterocycles. The van der Waals surface area contributed by atoms with Gasteiger partial charge in [-0.25, -0.2) is 4.79 Å². The number of ether oxygens (including phenoxy) is 1. The number of ketones is 1. The van der Waals surface area contributed by atoms with Gasteiger partial charge < -0.3 is 9.84 Å². The van der Waals surface area contributed by atoms with Gasteiger partial charge in [0, 0.05) is 6.42 Å². The largest absolute Gasteiger partial charge is 0.511 e. The summed E-state index contributed by atoms with van der Waals surface area (Å²) in [4.78, 5) is 22.9. The number of hydrogen-bond donors (Lipinski definition) is 1. The van der Waals surface area contributed by atoms with Crippen LogP contribution in [0.4, 0.5) is 0 Å². The summed E-state index contributed by atoms with van der Waals surface area (Å²) in [6, 6.07) is 0. The van der Waals surface area contributed by atoms with Gasteiger partial charge in [0.1, 0.15) is 11.3 Å². The zero-order valence-corrected chi connectivity index (χ0v) is 17.6. The van der Waals surface area contributed by atoms with Crippen molar-refractivity contribution in [1.82, 2.24) is 0 Å². The lowest BCUT2D eigenvalue weighted by Gasteiger charge is -2.04. The molecular formula is C24H38O4. The summed E-state index contributed by atoms with van der Waals surface area (Å²) in [5.41, 5.74) is -0.122. The number of rotatable bonds is 14. The molecule has 4 unspecified atom stereocenters. The first-order chi connectivity index (χ1) is 13.6. The van der Waals surface area contributed by atoms with Crippen LogP contribution < -0.4 is 0 Å². The minimum absolute atomic E-state index is 0.0820. The maximum atomic E-state index is 11.5. The number of hydrogen-bond acceptors (Lipinski definition) is 4. The van der Waals surface area contributed by atoms with E-state index in [0.717, 1.165) is 36.5 Å². The Morgan fingerprint density at radius 1 is 0.893 bits per heavy atom. The first kappa shape index (κ1) is 21.4. The van der Waals surface area contributed by atoms with Crippen LogP contribution in [0.25, 0.3) is 0 Å². The molecule has 4 atom stereocenters. The lowest BCUT2D eigenvalue weighted by atomic mass is 10.0. The number of cyclic esters (lactones) is 1. The van der Waals surface area contributed by atoms with Crippen molar-refractivity contribution in [3.63, 3.8) is 0 Å². The third-order valence-corrected chi connectivity index (χ3v) is 7.02. The maximum Gasteiger partial charge on any atom is 0.345 e. The van der Waals surface area contributed by atoms with Gasteiger partial charge in [-0.3, -0.25) is 4.79 Å². The van der Waals surface area contributed by atoms with Gasteiger partial charge >= 0.3 is 5.97 Å². The van der Waals surface area contributed by atoms with Gasteiger partial charge in [0.2, 0.25) is 5.78 Å². The molecule has 0 radical (unpaired) electrons. The molecule has 1 aliphatic heterocycles. The highest BCUT2D eigenvalue weighted by Gasteiger charge is 2.44. The lowest BCUT2D eigenvalue weighted by molar-refractivity contribution is -0.135. The van der Waals surface area contributed by atoms with Crippen molar-refractivity contribution in [2.24, 2.45) is 23.7 Å². The van der Waals surface area contributed by atoms with Gasteiger partial charge in [-0.1, -0.05) is 64.7 Å². The molecule has 28 heavy (non-hydrogen) atoms. The van der Waals surface area contributed by atoms with E-state index < -0.39 is 5.97 Å². The predicted molar refractivity (Wildman–Crippen MR) is 110 cm³/mol. The summed E-state index contributed by atoms with van der Waals surface area (Å²) in [5, 5.41) is 9.92. The second-order valence-corrected chi connectivity index (χ2v) is 9.37. The summed E-state index contributed by atoms with van der Waals surface area (Å²) >= 11 is 0. The van der Waals surface area contributed by atoms with Crippen molar-refractivity contribution >= 4 is 11.8 Å². The van der Waals surface area contributed by atoms with E-state index in [2.05, 4.69) is 11.7 Å². The van der Waals surface area contributed by atoms with Gasteiger partial charge in [-0.15, -0.1) is 0 Å². The number of carbonyl (C=O) groups excluding carboxylic acids is 2. The number of allylic oxidation sites excluding steroid dienone is 1. The van der Waals surface area contributed by atoms with Crippen molar-refractivity contribution in [2.75, 3.05) is 6.61 Å². The molecular weight excluding hydrogens is 352 g/mol.